The molecule has 2 aromatic rings. The van der Waals surface area contributed by atoms with Crippen molar-refractivity contribution >= 4 is 11.6 Å². The lowest BCUT2D eigenvalue weighted by Gasteiger charge is -2.25. The van der Waals surface area contributed by atoms with E-state index in [1.807, 2.05) is 0 Å². The zero-order valence-electron chi connectivity index (χ0n) is 10.2. The van der Waals surface area contributed by atoms with Gasteiger partial charge in [-0.3, -0.25) is 0 Å². The highest BCUT2D eigenvalue weighted by atomic mass is 35.5. The Kier molecular flexibility index (Phi) is 3.42. The standard InChI is InChI=1S/C15H14ClFO/c1-10-7-12(9-14(17)8-10)15(2,18)11-3-5-13(16)6-4-11/h3-9,18H,1-2H3. The van der Waals surface area contributed by atoms with Crippen LogP contribution >= 0.6 is 11.6 Å². The van der Waals surface area contributed by atoms with E-state index in [9.17, 15) is 9.50 Å². The van der Waals surface area contributed by atoms with Gasteiger partial charge in [-0.15, -0.1) is 0 Å². The van der Waals surface area contributed by atoms with E-state index >= 15 is 0 Å². The third kappa shape index (κ3) is 2.55. The Morgan fingerprint density at radius 1 is 1.06 bits per heavy atom. The fourth-order valence-corrected chi connectivity index (χ4v) is 2.08. The van der Waals surface area contributed by atoms with Gasteiger partial charge < -0.3 is 5.11 Å². The van der Waals surface area contributed by atoms with Crippen LogP contribution in [0.2, 0.25) is 5.02 Å². The first-order chi connectivity index (χ1) is 8.39. The Bertz CT molecular complexity index is 541. The van der Waals surface area contributed by atoms with Crippen molar-refractivity contribution in [1.29, 1.82) is 0 Å². The first-order valence-corrected chi connectivity index (χ1v) is 6.03. The first kappa shape index (κ1) is 13.1. The molecule has 0 aliphatic carbocycles. The SMILES string of the molecule is Cc1cc(F)cc(C(C)(O)c2ccc(Cl)cc2)c1. The van der Waals surface area contributed by atoms with Crippen molar-refractivity contribution in [3.05, 3.63) is 70.0 Å². The van der Waals surface area contributed by atoms with Crippen LogP contribution in [0.25, 0.3) is 0 Å². The smallest absolute Gasteiger partial charge is 0.123 e. The lowest BCUT2D eigenvalue weighted by Crippen LogP contribution is -2.23. The van der Waals surface area contributed by atoms with Gasteiger partial charge >= 0.3 is 0 Å². The molecule has 0 aliphatic heterocycles. The zero-order valence-corrected chi connectivity index (χ0v) is 11.0. The van der Waals surface area contributed by atoms with E-state index in [0.717, 1.165) is 5.56 Å². The third-order valence-corrected chi connectivity index (χ3v) is 3.26. The van der Waals surface area contributed by atoms with Crippen molar-refractivity contribution in [2.45, 2.75) is 19.4 Å². The average Bonchev–Trinajstić information content (AvgIpc) is 2.28. The molecule has 0 amide bonds. The molecule has 18 heavy (non-hydrogen) atoms. The molecule has 0 spiro atoms. The lowest BCUT2D eigenvalue weighted by molar-refractivity contribution is 0.102. The van der Waals surface area contributed by atoms with Crippen molar-refractivity contribution in [2.24, 2.45) is 0 Å². The summed E-state index contributed by atoms with van der Waals surface area (Å²) in [6.45, 7) is 3.44. The van der Waals surface area contributed by atoms with Gasteiger partial charge in [0.2, 0.25) is 0 Å². The fourth-order valence-electron chi connectivity index (χ4n) is 1.96. The van der Waals surface area contributed by atoms with E-state index in [0.29, 0.717) is 16.1 Å². The van der Waals surface area contributed by atoms with Crippen LogP contribution in [0.4, 0.5) is 4.39 Å². The van der Waals surface area contributed by atoms with Crippen molar-refractivity contribution < 1.29 is 9.50 Å². The first-order valence-electron chi connectivity index (χ1n) is 5.65. The maximum Gasteiger partial charge on any atom is 0.123 e. The summed E-state index contributed by atoms with van der Waals surface area (Å²) < 4.78 is 13.4. The second-order valence-electron chi connectivity index (χ2n) is 4.60. The number of hydrogen-bond acceptors (Lipinski definition) is 1. The van der Waals surface area contributed by atoms with Crippen molar-refractivity contribution in [3.63, 3.8) is 0 Å². The van der Waals surface area contributed by atoms with Crippen molar-refractivity contribution in [2.75, 3.05) is 0 Å². The summed E-state index contributed by atoms with van der Waals surface area (Å²) in [6.07, 6.45) is 0. The molecular formula is C15H14ClFO. The molecule has 0 aliphatic rings. The van der Waals surface area contributed by atoms with Crippen molar-refractivity contribution in [1.82, 2.24) is 0 Å². The fraction of sp³-hybridized carbons (Fsp3) is 0.200. The minimum Gasteiger partial charge on any atom is -0.381 e. The van der Waals surface area contributed by atoms with E-state index < -0.39 is 5.60 Å². The van der Waals surface area contributed by atoms with Crippen LogP contribution in [-0.2, 0) is 5.60 Å². The quantitative estimate of drug-likeness (QED) is 0.868. The maximum atomic E-state index is 13.4. The van der Waals surface area contributed by atoms with Crippen molar-refractivity contribution in [3.8, 4) is 0 Å². The molecule has 0 heterocycles. The number of rotatable bonds is 2. The van der Waals surface area contributed by atoms with Gasteiger partial charge in [0.05, 0.1) is 0 Å². The Balaban J connectivity index is 2.49. The molecule has 1 unspecified atom stereocenters. The van der Waals surface area contributed by atoms with E-state index in [4.69, 9.17) is 11.6 Å². The summed E-state index contributed by atoms with van der Waals surface area (Å²) >= 11 is 5.82. The van der Waals surface area contributed by atoms with Gasteiger partial charge in [-0.05, 0) is 54.8 Å². The summed E-state index contributed by atoms with van der Waals surface area (Å²) in [5, 5.41) is 11.2. The zero-order chi connectivity index (χ0) is 13.3. The van der Waals surface area contributed by atoms with E-state index in [1.54, 1.807) is 44.2 Å². The van der Waals surface area contributed by atoms with Crippen LogP contribution in [0.15, 0.2) is 42.5 Å². The number of aliphatic hydroxyl groups is 1. The molecule has 0 saturated heterocycles. The van der Waals surface area contributed by atoms with Gasteiger partial charge in [0.15, 0.2) is 0 Å². The maximum absolute atomic E-state index is 13.4. The molecule has 94 valence electrons. The highest BCUT2D eigenvalue weighted by molar-refractivity contribution is 6.30. The molecule has 2 rings (SSSR count). The summed E-state index contributed by atoms with van der Waals surface area (Å²) in [5.41, 5.74) is 0.746. The minimum atomic E-state index is -1.24. The Morgan fingerprint density at radius 2 is 1.67 bits per heavy atom. The van der Waals surface area contributed by atoms with Gasteiger partial charge in [0, 0.05) is 5.02 Å². The van der Waals surface area contributed by atoms with Crippen LogP contribution in [0.3, 0.4) is 0 Å². The van der Waals surface area contributed by atoms with Gasteiger partial charge in [-0.2, -0.15) is 0 Å². The molecular weight excluding hydrogens is 251 g/mol. The van der Waals surface area contributed by atoms with Crippen LogP contribution in [0, 0.1) is 12.7 Å². The topological polar surface area (TPSA) is 20.2 Å². The summed E-state index contributed by atoms with van der Waals surface area (Å²) in [4.78, 5) is 0. The number of halogens is 2. The number of hydrogen-bond donors (Lipinski definition) is 1. The number of benzene rings is 2. The second-order valence-corrected chi connectivity index (χ2v) is 5.03. The van der Waals surface area contributed by atoms with Gasteiger partial charge in [-0.25, -0.2) is 4.39 Å². The summed E-state index contributed by atoms with van der Waals surface area (Å²) in [7, 11) is 0. The highest BCUT2D eigenvalue weighted by Crippen LogP contribution is 2.30. The molecule has 0 aromatic heterocycles. The average molecular weight is 265 g/mol. The van der Waals surface area contributed by atoms with E-state index in [-0.39, 0.29) is 5.82 Å². The van der Waals surface area contributed by atoms with E-state index in [1.165, 1.54) is 12.1 Å². The molecule has 3 heteroatoms. The second kappa shape index (κ2) is 4.71. The number of aryl methyl sites for hydroxylation is 1. The molecule has 1 atom stereocenters. The third-order valence-electron chi connectivity index (χ3n) is 3.01. The Labute approximate surface area is 111 Å². The summed E-state index contributed by atoms with van der Waals surface area (Å²) in [5.74, 6) is -0.348. The summed E-state index contributed by atoms with van der Waals surface area (Å²) in [6, 6.07) is 11.4. The van der Waals surface area contributed by atoms with Gasteiger partial charge in [-0.1, -0.05) is 29.8 Å². The van der Waals surface area contributed by atoms with Crippen LogP contribution < -0.4 is 0 Å². The molecule has 1 N–H and O–H groups in total. The predicted octanol–water partition coefficient (Wildman–Crippen LogP) is 4.04. The van der Waals surface area contributed by atoms with Crippen LogP contribution in [0.1, 0.15) is 23.6 Å². The van der Waals surface area contributed by atoms with Gasteiger partial charge in [0.25, 0.3) is 0 Å². The molecule has 0 radical (unpaired) electrons. The molecule has 0 saturated carbocycles. The molecule has 0 bridgehead atoms. The minimum absolute atomic E-state index is 0.348. The monoisotopic (exact) mass is 264 g/mol. The Morgan fingerprint density at radius 3 is 2.22 bits per heavy atom. The molecule has 0 fully saturated rings. The highest BCUT2D eigenvalue weighted by Gasteiger charge is 2.26. The molecule has 2 aromatic carbocycles. The van der Waals surface area contributed by atoms with Crippen LogP contribution in [0.5, 0.6) is 0 Å². The normalized spacial score (nSPS) is 14.3. The van der Waals surface area contributed by atoms with Crippen LogP contribution in [-0.4, -0.2) is 5.11 Å². The lowest BCUT2D eigenvalue weighted by atomic mass is 9.87. The van der Waals surface area contributed by atoms with E-state index in [2.05, 4.69) is 0 Å². The van der Waals surface area contributed by atoms with Gasteiger partial charge in [0.1, 0.15) is 11.4 Å². The predicted molar refractivity (Wildman–Crippen MR) is 71.3 cm³/mol. The Hall–Kier alpha value is -1.38. The molecule has 1 nitrogen and oxygen atoms in total. The largest absolute Gasteiger partial charge is 0.381 e.